The number of nitro benzene ring substituents is 1. The van der Waals surface area contributed by atoms with E-state index in [0.29, 0.717) is 0 Å². The van der Waals surface area contributed by atoms with Crippen molar-refractivity contribution in [1.82, 2.24) is 0 Å². The SMILES string of the molecule is CC(C)c1cc[c]cc1[N+](=O)[O-]. The van der Waals surface area contributed by atoms with Crippen molar-refractivity contribution in [2.75, 3.05) is 0 Å². The van der Waals surface area contributed by atoms with Crippen molar-refractivity contribution in [1.29, 1.82) is 0 Å². The lowest BCUT2D eigenvalue weighted by Gasteiger charge is -2.04. The number of nitrogens with zero attached hydrogens (tertiary/aromatic N) is 1. The summed E-state index contributed by atoms with van der Waals surface area (Å²) < 4.78 is 0. The van der Waals surface area contributed by atoms with Gasteiger partial charge in [-0.3, -0.25) is 10.1 Å². The molecule has 0 bridgehead atoms. The molecule has 0 saturated carbocycles. The Morgan fingerprint density at radius 1 is 1.58 bits per heavy atom. The van der Waals surface area contributed by atoms with E-state index < -0.39 is 0 Å². The normalized spacial score (nSPS) is 10.2. The van der Waals surface area contributed by atoms with Crippen LogP contribution in [0.5, 0.6) is 0 Å². The molecule has 1 rings (SSSR count). The van der Waals surface area contributed by atoms with Gasteiger partial charge in [-0.05, 0) is 12.0 Å². The van der Waals surface area contributed by atoms with E-state index in [0.717, 1.165) is 5.56 Å². The van der Waals surface area contributed by atoms with Crippen LogP contribution in [-0.4, -0.2) is 4.92 Å². The third-order valence-corrected chi connectivity index (χ3v) is 1.69. The fourth-order valence-corrected chi connectivity index (χ4v) is 1.08. The summed E-state index contributed by atoms with van der Waals surface area (Å²) in [6.07, 6.45) is 0. The van der Waals surface area contributed by atoms with Gasteiger partial charge >= 0.3 is 0 Å². The fraction of sp³-hybridized carbons (Fsp3) is 0.333. The molecule has 12 heavy (non-hydrogen) atoms. The molecule has 3 heteroatoms. The average Bonchev–Trinajstić information content (AvgIpc) is 2.04. The van der Waals surface area contributed by atoms with Crippen LogP contribution < -0.4 is 0 Å². The molecule has 1 aromatic rings. The Labute approximate surface area is 71.2 Å². The fourth-order valence-electron chi connectivity index (χ4n) is 1.08. The van der Waals surface area contributed by atoms with E-state index >= 15 is 0 Å². The number of hydrogen-bond donors (Lipinski definition) is 0. The van der Waals surface area contributed by atoms with Crippen LogP contribution >= 0.6 is 0 Å². The predicted octanol–water partition coefficient (Wildman–Crippen LogP) is 2.52. The van der Waals surface area contributed by atoms with Gasteiger partial charge in [0.05, 0.1) is 4.92 Å². The summed E-state index contributed by atoms with van der Waals surface area (Å²) in [5, 5.41) is 10.5. The van der Waals surface area contributed by atoms with Gasteiger partial charge in [-0.1, -0.05) is 26.0 Å². The first-order valence-electron chi connectivity index (χ1n) is 3.77. The zero-order valence-corrected chi connectivity index (χ0v) is 7.07. The Balaban J connectivity index is 3.17. The van der Waals surface area contributed by atoms with Gasteiger partial charge in [-0.25, -0.2) is 0 Å². The summed E-state index contributed by atoms with van der Waals surface area (Å²) in [7, 11) is 0. The van der Waals surface area contributed by atoms with Gasteiger partial charge in [0, 0.05) is 11.6 Å². The topological polar surface area (TPSA) is 43.1 Å². The molecular formula is C9H10NO2. The summed E-state index contributed by atoms with van der Waals surface area (Å²) in [6, 6.07) is 7.54. The third kappa shape index (κ3) is 1.61. The molecule has 1 aromatic carbocycles. The maximum Gasteiger partial charge on any atom is 0.273 e. The molecule has 0 atom stereocenters. The molecule has 0 N–H and O–H groups in total. The highest BCUT2D eigenvalue weighted by atomic mass is 16.6. The van der Waals surface area contributed by atoms with Gasteiger partial charge in [-0.2, -0.15) is 0 Å². The van der Waals surface area contributed by atoms with Crippen molar-refractivity contribution >= 4 is 5.69 Å². The molecule has 0 aromatic heterocycles. The minimum absolute atomic E-state index is 0.160. The Morgan fingerprint density at radius 3 is 2.67 bits per heavy atom. The van der Waals surface area contributed by atoms with Gasteiger partial charge in [0.25, 0.3) is 5.69 Å². The lowest BCUT2D eigenvalue weighted by molar-refractivity contribution is -0.385. The number of rotatable bonds is 2. The van der Waals surface area contributed by atoms with Crippen LogP contribution in [0.15, 0.2) is 18.2 Å². The maximum atomic E-state index is 10.5. The number of nitro groups is 1. The highest BCUT2D eigenvalue weighted by molar-refractivity contribution is 5.41. The van der Waals surface area contributed by atoms with Gasteiger partial charge in [-0.15, -0.1) is 0 Å². The van der Waals surface area contributed by atoms with E-state index in [1.165, 1.54) is 6.07 Å². The lowest BCUT2D eigenvalue weighted by Crippen LogP contribution is -1.96. The molecule has 1 radical (unpaired) electrons. The van der Waals surface area contributed by atoms with Crippen molar-refractivity contribution in [3.8, 4) is 0 Å². The molecule has 63 valence electrons. The first-order valence-corrected chi connectivity index (χ1v) is 3.77. The van der Waals surface area contributed by atoms with Crippen molar-refractivity contribution in [2.45, 2.75) is 19.8 Å². The van der Waals surface area contributed by atoms with Gasteiger partial charge in [0.2, 0.25) is 0 Å². The smallest absolute Gasteiger partial charge is 0.258 e. The van der Waals surface area contributed by atoms with Crippen LogP contribution in [-0.2, 0) is 0 Å². The Morgan fingerprint density at radius 2 is 2.25 bits per heavy atom. The van der Waals surface area contributed by atoms with Crippen molar-refractivity contribution in [3.05, 3.63) is 39.9 Å². The summed E-state index contributed by atoms with van der Waals surface area (Å²) in [6.45, 7) is 3.87. The van der Waals surface area contributed by atoms with E-state index in [1.54, 1.807) is 12.1 Å². The first-order chi connectivity index (χ1) is 5.63. The van der Waals surface area contributed by atoms with E-state index in [1.807, 2.05) is 13.8 Å². The number of hydrogen-bond acceptors (Lipinski definition) is 2. The second kappa shape index (κ2) is 3.34. The Bertz CT molecular complexity index is 294. The van der Waals surface area contributed by atoms with Gasteiger partial charge < -0.3 is 0 Å². The molecule has 0 unspecified atom stereocenters. The quantitative estimate of drug-likeness (QED) is 0.498. The summed E-state index contributed by atoms with van der Waals surface area (Å²) in [5.74, 6) is 0.181. The predicted molar refractivity (Wildman–Crippen MR) is 46.0 cm³/mol. The molecule has 0 spiro atoms. The Hall–Kier alpha value is -1.38. The van der Waals surface area contributed by atoms with Crippen molar-refractivity contribution in [3.63, 3.8) is 0 Å². The molecule has 0 amide bonds. The van der Waals surface area contributed by atoms with Crippen molar-refractivity contribution < 1.29 is 4.92 Å². The van der Waals surface area contributed by atoms with E-state index in [-0.39, 0.29) is 16.5 Å². The monoisotopic (exact) mass is 164 g/mol. The highest BCUT2D eigenvalue weighted by Gasteiger charge is 2.14. The lowest BCUT2D eigenvalue weighted by atomic mass is 10.0. The molecule has 0 fully saturated rings. The first kappa shape index (κ1) is 8.71. The van der Waals surface area contributed by atoms with Gasteiger partial charge in [0.1, 0.15) is 0 Å². The zero-order valence-electron chi connectivity index (χ0n) is 7.07. The maximum absolute atomic E-state index is 10.5. The third-order valence-electron chi connectivity index (χ3n) is 1.69. The summed E-state index contributed by atoms with van der Waals surface area (Å²) >= 11 is 0. The zero-order chi connectivity index (χ0) is 9.14. The molecule has 3 nitrogen and oxygen atoms in total. The molecule has 0 heterocycles. The van der Waals surface area contributed by atoms with Crippen LogP contribution in [0.2, 0.25) is 0 Å². The standard InChI is InChI=1S/C9H10NO2/c1-7(2)8-5-3-4-6-9(8)10(11)12/h3,5-7H,1-2H3. The minimum Gasteiger partial charge on any atom is -0.258 e. The second-order valence-corrected chi connectivity index (χ2v) is 2.90. The molecule has 0 aliphatic heterocycles. The van der Waals surface area contributed by atoms with Crippen LogP contribution in [0.4, 0.5) is 5.69 Å². The van der Waals surface area contributed by atoms with E-state index in [9.17, 15) is 10.1 Å². The van der Waals surface area contributed by atoms with Crippen LogP contribution in [0.3, 0.4) is 0 Å². The molecule has 0 aliphatic carbocycles. The molecule has 0 saturated heterocycles. The average molecular weight is 164 g/mol. The van der Waals surface area contributed by atoms with Gasteiger partial charge in [0.15, 0.2) is 0 Å². The second-order valence-electron chi connectivity index (χ2n) is 2.90. The van der Waals surface area contributed by atoms with Crippen LogP contribution in [0.1, 0.15) is 25.3 Å². The number of benzene rings is 1. The molecule has 0 aliphatic rings. The Kier molecular flexibility index (Phi) is 2.43. The summed E-state index contributed by atoms with van der Waals surface area (Å²) in [4.78, 5) is 10.1. The summed E-state index contributed by atoms with van der Waals surface area (Å²) in [5.41, 5.74) is 0.922. The minimum atomic E-state index is -0.369. The van der Waals surface area contributed by atoms with E-state index in [2.05, 4.69) is 6.07 Å². The molecular weight excluding hydrogens is 154 g/mol. The van der Waals surface area contributed by atoms with E-state index in [4.69, 9.17) is 0 Å². The largest absolute Gasteiger partial charge is 0.273 e. The van der Waals surface area contributed by atoms with Crippen LogP contribution in [0.25, 0.3) is 0 Å². The highest BCUT2D eigenvalue weighted by Crippen LogP contribution is 2.24. The van der Waals surface area contributed by atoms with Crippen molar-refractivity contribution in [2.24, 2.45) is 0 Å². The van der Waals surface area contributed by atoms with Crippen LogP contribution in [0, 0.1) is 16.2 Å².